The van der Waals surface area contributed by atoms with E-state index in [1.807, 2.05) is 0 Å². The van der Waals surface area contributed by atoms with Crippen LogP contribution in [0.4, 0.5) is 14.0 Å². The van der Waals surface area contributed by atoms with Gasteiger partial charge in [-0.05, 0) is 70.6 Å². The highest BCUT2D eigenvalue weighted by atomic mass is 32.2. The summed E-state index contributed by atoms with van der Waals surface area (Å²) in [4.78, 5) is 85.8. The molecule has 1 saturated heterocycles. The third-order valence-corrected chi connectivity index (χ3v) is 12.1. The highest BCUT2D eigenvalue weighted by Gasteiger charge is 2.62. The average Bonchev–Trinajstić information content (AvgIpc) is 3.99. The molecular formula is C37H47FN6O10S. The minimum absolute atomic E-state index is 0.0501. The third kappa shape index (κ3) is 8.95. The maximum atomic E-state index is 14.6. The van der Waals surface area contributed by atoms with Crippen molar-refractivity contribution in [1.82, 2.24) is 30.1 Å². The van der Waals surface area contributed by atoms with E-state index in [-0.39, 0.29) is 45.6 Å². The molecule has 16 nitrogen and oxygen atoms in total. The van der Waals surface area contributed by atoms with Crippen molar-refractivity contribution >= 4 is 45.8 Å². The smallest absolute Gasteiger partial charge is 0.410 e. The number of alkyl carbamates (subject to hydrolysis) is 1. The summed E-state index contributed by atoms with van der Waals surface area (Å²) < 4.78 is 53.5. The van der Waals surface area contributed by atoms with E-state index in [4.69, 9.17) is 9.47 Å². The molecule has 2 aliphatic carbocycles. The van der Waals surface area contributed by atoms with Crippen LogP contribution in [0.3, 0.4) is 0 Å². The van der Waals surface area contributed by atoms with E-state index in [2.05, 4.69) is 21.9 Å². The SMILES string of the molecule is C=CC(=O)N1CCC/C=C\C2C[C@@]2(C(=O)NS(=O)(=O)C2CC2)NC(=O)[C@@H]2C[C@@H](OC(=O)N3Cc4cccc(F)c4C3)CN2C(=O)[C@@H](NC(=O)OC(C)(C)C)C1. The van der Waals surface area contributed by atoms with Crippen LogP contribution < -0.4 is 15.4 Å². The number of amides is 6. The van der Waals surface area contributed by atoms with Gasteiger partial charge in [0.15, 0.2) is 0 Å². The normalized spacial score (nSPS) is 27.6. The second-order valence-corrected chi connectivity index (χ2v) is 17.6. The van der Waals surface area contributed by atoms with Gasteiger partial charge in [0.25, 0.3) is 5.91 Å². The van der Waals surface area contributed by atoms with Gasteiger partial charge in [0.2, 0.25) is 27.7 Å². The molecule has 1 aromatic carbocycles. The number of ether oxygens (including phenoxy) is 2. The number of fused-ring (bicyclic) bond motifs is 3. The van der Waals surface area contributed by atoms with Crippen LogP contribution >= 0.6 is 0 Å². The standard InChI is InChI=1S/C37H47FN6O10S/c1-5-30(45)42-15-8-6-7-11-23-17-37(23,33(48)41-55(51,52)25-13-14-25)40-31(46)29-16-24(53-35(50)43-18-22-10-9-12-27(38)26(22)20-43)19-44(29)32(47)28(21-42)39-34(49)54-36(2,3)4/h5,7,9-12,23-25,28-29H,1,6,8,13-21H2,2-4H3,(H,39,49)(H,40,46)(H,41,48)/b11-7-/t23?,24-,28+,29+,37-/m1/s1. The quantitative estimate of drug-likeness (QED) is 0.283. The minimum Gasteiger partial charge on any atom is -0.444 e. The molecule has 3 fully saturated rings. The van der Waals surface area contributed by atoms with Gasteiger partial charge in [-0.25, -0.2) is 22.4 Å². The Balaban J connectivity index is 1.31. The van der Waals surface area contributed by atoms with E-state index in [0.29, 0.717) is 36.8 Å². The molecule has 18 heteroatoms. The zero-order valence-electron chi connectivity index (χ0n) is 31.0. The van der Waals surface area contributed by atoms with Crippen LogP contribution in [-0.4, -0.2) is 113 Å². The molecule has 6 amide bonds. The van der Waals surface area contributed by atoms with Crippen molar-refractivity contribution in [1.29, 1.82) is 0 Å². The maximum Gasteiger partial charge on any atom is 0.410 e. The van der Waals surface area contributed by atoms with E-state index in [9.17, 15) is 41.6 Å². The Bertz CT molecular complexity index is 1910. The molecule has 1 unspecified atom stereocenters. The molecule has 55 heavy (non-hydrogen) atoms. The molecule has 0 aromatic heterocycles. The first kappa shape index (κ1) is 39.7. The zero-order chi connectivity index (χ0) is 39.9. The molecule has 298 valence electrons. The molecule has 5 aliphatic rings. The van der Waals surface area contributed by atoms with Crippen LogP contribution in [0.2, 0.25) is 0 Å². The van der Waals surface area contributed by atoms with Gasteiger partial charge in [0.05, 0.1) is 24.9 Å². The Kier molecular flexibility index (Phi) is 11.0. The number of carbonyl (C=O) groups is 6. The van der Waals surface area contributed by atoms with Crippen molar-refractivity contribution in [3.05, 3.63) is 60.0 Å². The highest BCUT2D eigenvalue weighted by Crippen LogP contribution is 2.46. The van der Waals surface area contributed by atoms with E-state index in [0.717, 1.165) is 11.0 Å². The second kappa shape index (κ2) is 15.3. The van der Waals surface area contributed by atoms with Gasteiger partial charge in [-0.2, -0.15) is 0 Å². The average molecular weight is 787 g/mol. The summed E-state index contributed by atoms with van der Waals surface area (Å²) >= 11 is 0. The molecule has 2 saturated carbocycles. The van der Waals surface area contributed by atoms with Gasteiger partial charge in [-0.15, -0.1) is 0 Å². The Morgan fingerprint density at radius 1 is 1.09 bits per heavy atom. The van der Waals surface area contributed by atoms with Crippen LogP contribution in [0.5, 0.6) is 0 Å². The fourth-order valence-electron chi connectivity index (χ4n) is 7.21. The number of hydrogen-bond donors (Lipinski definition) is 3. The third-order valence-electron chi connectivity index (χ3n) is 10.3. The van der Waals surface area contributed by atoms with Gasteiger partial charge < -0.3 is 29.9 Å². The number of carbonyl (C=O) groups excluding carboxylic acids is 6. The van der Waals surface area contributed by atoms with Gasteiger partial charge in [-0.3, -0.25) is 28.8 Å². The van der Waals surface area contributed by atoms with Gasteiger partial charge >= 0.3 is 12.2 Å². The highest BCUT2D eigenvalue weighted by molar-refractivity contribution is 7.91. The first-order valence-electron chi connectivity index (χ1n) is 18.4. The molecule has 3 aliphatic heterocycles. The number of allylic oxidation sites excluding steroid dienone is 1. The van der Waals surface area contributed by atoms with Crippen molar-refractivity contribution < 1.29 is 51.0 Å². The minimum atomic E-state index is -3.98. The zero-order valence-corrected chi connectivity index (χ0v) is 31.9. The first-order chi connectivity index (χ1) is 25.9. The molecule has 5 atom stereocenters. The molecule has 0 radical (unpaired) electrons. The summed E-state index contributed by atoms with van der Waals surface area (Å²) in [5.41, 5.74) is -1.64. The van der Waals surface area contributed by atoms with Crippen LogP contribution in [0.15, 0.2) is 43.0 Å². The summed E-state index contributed by atoms with van der Waals surface area (Å²) in [5, 5.41) is 4.58. The topological polar surface area (TPSA) is 201 Å². The fraction of sp³-hybridized carbons (Fsp3) is 0.568. The van der Waals surface area contributed by atoms with Crippen LogP contribution in [0, 0.1) is 11.7 Å². The number of hydrogen-bond acceptors (Lipinski definition) is 10. The van der Waals surface area contributed by atoms with E-state index in [1.54, 1.807) is 39.0 Å². The van der Waals surface area contributed by atoms with Gasteiger partial charge in [0.1, 0.15) is 35.1 Å². The monoisotopic (exact) mass is 786 g/mol. The lowest BCUT2D eigenvalue weighted by Gasteiger charge is -2.32. The molecule has 6 rings (SSSR count). The van der Waals surface area contributed by atoms with Crippen LogP contribution in [0.1, 0.15) is 70.4 Å². The Labute approximate surface area is 318 Å². The number of nitrogens with one attached hydrogen (secondary N) is 3. The molecule has 1 aromatic rings. The number of halogens is 1. The van der Waals surface area contributed by atoms with E-state index >= 15 is 0 Å². The lowest BCUT2D eigenvalue weighted by Crippen LogP contribution is -2.60. The number of benzene rings is 1. The molecule has 0 spiro atoms. The Hall–Kier alpha value is -5.00. The second-order valence-electron chi connectivity index (χ2n) is 15.7. The van der Waals surface area contributed by atoms with Crippen molar-refractivity contribution in [3.8, 4) is 0 Å². The molecule has 3 N–H and O–H groups in total. The van der Waals surface area contributed by atoms with Crippen LogP contribution in [0.25, 0.3) is 0 Å². The lowest BCUT2D eigenvalue weighted by molar-refractivity contribution is -0.142. The largest absolute Gasteiger partial charge is 0.444 e. The number of nitrogens with zero attached hydrogens (tertiary/aromatic N) is 3. The van der Waals surface area contributed by atoms with Crippen LogP contribution in [-0.2, 0) is 51.8 Å². The fourth-order valence-corrected chi connectivity index (χ4v) is 8.57. The molecule has 3 heterocycles. The van der Waals surface area contributed by atoms with Crippen molar-refractivity contribution in [2.75, 3.05) is 19.6 Å². The van der Waals surface area contributed by atoms with Gasteiger partial charge in [0, 0.05) is 31.0 Å². The summed E-state index contributed by atoms with van der Waals surface area (Å²) in [7, 11) is -3.98. The Morgan fingerprint density at radius 3 is 2.51 bits per heavy atom. The summed E-state index contributed by atoms with van der Waals surface area (Å²) in [6, 6.07) is 1.71. The maximum absolute atomic E-state index is 14.6. The van der Waals surface area contributed by atoms with Crippen molar-refractivity contribution in [2.24, 2.45) is 5.92 Å². The lowest BCUT2D eigenvalue weighted by atomic mass is 10.1. The predicted octanol–water partition coefficient (Wildman–Crippen LogP) is 1.99. The molecular weight excluding hydrogens is 740 g/mol. The van der Waals surface area contributed by atoms with Crippen molar-refractivity contribution in [3.63, 3.8) is 0 Å². The van der Waals surface area contributed by atoms with Crippen molar-refractivity contribution in [2.45, 2.75) is 107 Å². The summed E-state index contributed by atoms with van der Waals surface area (Å²) in [5.74, 6) is -4.10. The number of sulfonamides is 1. The van der Waals surface area contributed by atoms with Gasteiger partial charge in [-0.1, -0.05) is 30.9 Å². The first-order valence-corrected chi connectivity index (χ1v) is 19.9. The summed E-state index contributed by atoms with van der Waals surface area (Å²) in [6.07, 6.45) is 3.24. The number of rotatable bonds is 6. The van der Waals surface area contributed by atoms with E-state index < -0.39 is 92.2 Å². The predicted molar refractivity (Wildman–Crippen MR) is 193 cm³/mol. The molecule has 0 bridgehead atoms. The van der Waals surface area contributed by atoms with E-state index in [1.165, 1.54) is 21.9 Å². The summed E-state index contributed by atoms with van der Waals surface area (Å²) in [6.45, 7) is 7.99. The Morgan fingerprint density at radius 2 is 1.84 bits per heavy atom.